The monoisotopic (exact) mass is 263 g/mol. The number of H-pyrrole nitrogens is 1. The van der Waals surface area contributed by atoms with Gasteiger partial charge in [-0.1, -0.05) is 12.8 Å². The summed E-state index contributed by atoms with van der Waals surface area (Å²) in [6, 6.07) is 0.505. The number of nitrogens with zero attached hydrogens (tertiary/aromatic N) is 2. The quantitative estimate of drug-likeness (QED) is 0.751. The highest BCUT2D eigenvalue weighted by Crippen LogP contribution is 2.32. The largest absolute Gasteiger partial charge is 0.347 e. The molecule has 0 spiro atoms. The van der Waals surface area contributed by atoms with Gasteiger partial charge in [-0.25, -0.2) is 4.98 Å². The van der Waals surface area contributed by atoms with Gasteiger partial charge in [0.1, 0.15) is 12.2 Å². The molecular formula is C13H21N5O. The van der Waals surface area contributed by atoms with Gasteiger partial charge in [-0.15, -0.1) is 0 Å². The Hall–Kier alpha value is -1.43. The lowest BCUT2D eigenvalue weighted by Crippen LogP contribution is -2.54. The average molecular weight is 263 g/mol. The molecule has 0 radical (unpaired) electrons. The van der Waals surface area contributed by atoms with E-state index in [0.29, 0.717) is 18.4 Å². The van der Waals surface area contributed by atoms with Gasteiger partial charge in [0, 0.05) is 6.04 Å². The minimum Gasteiger partial charge on any atom is -0.347 e. The number of aromatic nitrogens is 3. The van der Waals surface area contributed by atoms with Crippen molar-refractivity contribution in [2.75, 3.05) is 0 Å². The van der Waals surface area contributed by atoms with Crippen LogP contribution in [-0.4, -0.2) is 33.2 Å². The fourth-order valence-electron chi connectivity index (χ4n) is 3.31. The summed E-state index contributed by atoms with van der Waals surface area (Å²) in [7, 11) is 0. The van der Waals surface area contributed by atoms with Gasteiger partial charge < -0.3 is 10.6 Å². The SMILES string of the molecule is O=C(NCc1ncn[nH]1)C1CCC2CCCCC2N1. The van der Waals surface area contributed by atoms with E-state index in [4.69, 9.17) is 0 Å². The zero-order chi connectivity index (χ0) is 13.1. The molecule has 1 aromatic rings. The maximum absolute atomic E-state index is 12.1. The van der Waals surface area contributed by atoms with E-state index < -0.39 is 0 Å². The fourth-order valence-corrected chi connectivity index (χ4v) is 3.31. The molecule has 3 atom stereocenters. The van der Waals surface area contributed by atoms with Crippen molar-refractivity contribution in [3.05, 3.63) is 12.2 Å². The number of carbonyl (C=O) groups excluding carboxylic acids is 1. The van der Waals surface area contributed by atoms with Crippen LogP contribution in [0.4, 0.5) is 0 Å². The van der Waals surface area contributed by atoms with Crippen LogP contribution in [-0.2, 0) is 11.3 Å². The van der Waals surface area contributed by atoms with E-state index in [-0.39, 0.29) is 11.9 Å². The van der Waals surface area contributed by atoms with Crippen molar-refractivity contribution in [2.24, 2.45) is 5.92 Å². The number of rotatable bonds is 3. The lowest BCUT2D eigenvalue weighted by molar-refractivity contribution is -0.124. The molecule has 0 bridgehead atoms. The number of hydrogen-bond donors (Lipinski definition) is 3. The normalized spacial score (nSPS) is 30.6. The topological polar surface area (TPSA) is 82.7 Å². The van der Waals surface area contributed by atoms with E-state index >= 15 is 0 Å². The minimum absolute atomic E-state index is 0.0396. The molecule has 104 valence electrons. The molecular weight excluding hydrogens is 242 g/mol. The highest BCUT2D eigenvalue weighted by molar-refractivity contribution is 5.81. The van der Waals surface area contributed by atoms with Crippen molar-refractivity contribution in [3.8, 4) is 0 Å². The van der Waals surface area contributed by atoms with Crippen LogP contribution in [0.3, 0.4) is 0 Å². The van der Waals surface area contributed by atoms with Crippen molar-refractivity contribution >= 4 is 5.91 Å². The summed E-state index contributed by atoms with van der Waals surface area (Å²) in [6.45, 7) is 0.422. The molecule has 6 heteroatoms. The number of amides is 1. The van der Waals surface area contributed by atoms with Crippen LogP contribution in [0.25, 0.3) is 0 Å². The number of fused-ring (bicyclic) bond motifs is 1. The molecule has 0 aromatic carbocycles. The second-order valence-corrected chi connectivity index (χ2v) is 5.60. The zero-order valence-corrected chi connectivity index (χ0v) is 11.1. The zero-order valence-electron chi connectivity index (χ0n) is 11.1. The lowest BCUT2D eigenvalue weighted by Gasteiger charge is -2.39. The molecule has 1 aliphatic heterocycles. The first-order valence-electron chi connectivity index (χ1n) is 7.21. The summed E-state index contributed by atoms with van der Waals surface area (Å²) in [6.07, 6.45) is 8.76. The molecule has 1 aliphatic carbocycles. The average Bonchev–Trinajstić information content (AvgIpc) is 2.97. The van der Waals surface area contributed by atoms with E-state index in [9.17, 15) is 4.79 Å². The second kappa shape index (κ2) is 5.69. The summed E-state index contributed by atoms with van der Waals surface area (Å²) in [5.41, 5.74) is 0. The minimum atomic E-state index is -0.0396. The smallest absolute Gasteiger partial charge is 0.237 e. The van der Waals surface area contributed by atoms with Gasteiger partial charge in [0.25, 0.3) is 0 Å². The number of carbonyl (C=O) groups is 1. The first-order valence-corrected chi connectivity index (χ1v) is 7.21. The van der Waals surface area contributed by atoms with Crippen LogP contribution in [0.1, 0.15) is 44.3 Å². The van der Waals surface area contributed by atoms with E-state index in [2.05, 4.69) is 25.8 Å². The summed E-state index contributed by atoms with van der Waals surface area (Å²) < 4.78 is 0. The molecule has 2 heterocycles. The Kier molecular flexibility index (Phi) is 3.77. The van der Waals surface area contributed by atoms with Crippen LogP contribution < -0.4 is 10.6 Å². The molecule has 3 unspecified atom stereocenters. The fraction of sp³-hybridized carbons (Fsp3) is 0.769. The summed E-state index contributed by atoms with van der Waals surface area (Å²) in [5, 5.41) is 13.0. The maximum Gasteiger partial charge on any atom is 0.237 e. The molecule has 1 saturated heterocycles. The number of hydrogen-bond acceptors (Lipinski definition) is 4. The molecule has 6 nitrogen and oxygen atoms in total. The molecule has 3 rings (SSSR count). The van der Waals surface area contributed by atoms with Gasteiger partial charge >= 0.3 is 0 Å². The molecule has 2 aliphatic rings. The second-order valence-electron chi connectivity index (χ2n) is 5.60. The van der Waals surface area contributed by atoms with Crippen molar-refractivity contribution in [1.82, 2.24) is 25.8 Å². The van der Waals surface area contributed by atoms with Gasteiger partial charge in [-0.05, 0) is 31.6 Å². The standard InChI is InChI=1S/C13H21N5O/c19-13(14-7-12-15-8-16-18-12)11-6-5-9-3-1-2-4-10(9)17-11/h8-11,17H,1-7H2,(H,14,19)(H,15,16,18). The molecule has 1 aromatic heterocycles. The van der Waals surface area contributed by atoms with Crippen molar-refractivity contribution in [3.63, 3.8) is 0 Å². The van der Waals surface area contributed by atoms with Crippen LogP contribution in [0, 0.1) is 5.92 Å². The van der Waals surface area contributed by atoms with Gasteiger partial charge in [0.2, 0.25) is 5.91 Å². The third-order valence-corrected chi connectivity index (χ3v) is 4.36. The Morgan fingerprint density at radius 1 is 1.32 bits per heavy atom. The summed E-state index contributed by atoms with van der Waals surface area (Å²) in [4.78, 5) is 16.1. The first-order chi connectivity index (χ1) is 9.33. The van der Waals surface area contributed by atoms with Crippen molar-refractivity contribution in [1.29, 1.82) is 0 Å². The molecule has 2 fully saturated rings. The van der Waals surface area contributed by atoms with Crippen LogP contribution >= 0.6 is 0 Å². The summed E-state index contributed by atoms with van der Waals surface area (Å²) in [5.74, 6) is 1.56. The van der Waals surface area contributed by atoms with Gasteiger partial charge in [0.05, 0.1) is 12.6 Å². The van der Waals surface area contributed by atoms with Crippen LogP contribution in [0.5, 0.6) is 0 Å². The summed E-state index contributed by atoms with van der Waals surface area (Å²) >= 11 is 0. The Labute approximate surface area is 112 Å². The van der Waals surface area contributed by atoms with Crippen LogP contribution in [0.2, 0.25) is 0 Å². The number of aromatic amines is 1. The number of piperidine rings is 1. The van der Waals surface area contributed by atoms with E-state index in [0.717, 1.165) is 12.3 Å². The van der Waals surface area contributed by atoms with Gasteiger partial charge in [-0.2, -0.15) is 5.10 Å². The molecule has 1 saturated carbocycles. The number of nitrogens with one attached hydrogen (secondary N) is 3. The Morgan fingerprint density at radius 3 is 3.05 bits per heavy atom. The highest BCUT2D eigenvalue weighted by Gasteiger charge is 2.34. The maximum atomic E-state index is 12.1. The van der Waals surface area contributed by atoms with Crippen molar-refractivity contribution in [2.45, 2.75) is 57.2 Å². The first kappa shape index (κ1) is 12.6. The third-order valence-electron chi connectivity index (χ3n) is 4.36. The predicted octanol–water partition coefficient (Wildman–Crippen LogP) is 0.732. The van der Waals surface area contributed by atoms with Gasteiger partial charge in [-0.3, -0.25) is 9.89 Å². The van der Waals surface area contributed by atoms with Gasteiger partial charge in [0.15, 0.2) is 0 Å². The van der Waals surface area contributed by atoms with Crippen molar-refractivity contribution < 1.29 is 4.79 Å². The van der Waals surface area contributed by atoms with Crippen LogP contribution in [0.15, 0.2) is 6.33 Å². The predicted molar refractivity (Wildman–Crippen MR) is 70.1 cm³/mol. The van der Waals surface area contributed by atoms with E-state index in [1.54, 1.807) is 0 Å². The van der Waals surface area contributed by atoms with E-state index in [1.807, 2.05) is 0 Å². The Bertz CT molecular complexity index is 419. The Balaban J connectivity index is 1.50. The molecule has 19 heavy (non-hydrogen) atoms. The third kappa shape index (κ3) is 2.94. The Morgan fingerprint density at radius 2 is 2.21 bits per heavy atom. The highest BCUT2D eigenvalue weighted by atomic mass is 16.2. The molecule has 1 amide bonds. The lowest BCUT2D eigenvalue weighted by atomic mass is 9.77. The van der Waals surface area contributed by atoms with E-state index in [1.165, 1.54) is 38.4 Å². The molecule has 3 N–H and O–H groups in total.